The van der Waals surface area contributed by atoms with Crippen LogP contribution in [0.5, 0.6) is 0 Å². The Hall–Kier alpha value is -2.99. The number of hydrogen-bond donors (Lipinski definition) is 5. The number of halogens is 2. The Labute approximate surface area is 208 Å². The summed E-state index contributed by atoms with van der Waals surface area (Å²) >= 11 is 6.41. The van der Waals surface area contributed by atoms with E-state index in [1.807, 2.05) is 13.0 Å². The van der Waals surface area contributed by atoms with Crippen molar-refractivity contribution in [2.24, 2.45) is 22.4 Å². The summed E-state index contributed by atoms with van der Waals surface area (Å²) in [6.07, 6.45) is 9.40. The van der Waals surface area contributed by atoms with Crippen LogP contribution in [0.15, 0.2) is 64.0 Å². The minimum atomic E-state index is -1.20. The number of nitrogens with one attached hydrogen (secondary N) is 3. The number of nitrogens with two attached hydrogens (primary N) is 2. The zero-order valence-corrected chi connectivity index (χ0v) is 20.2. The lowest BCUT2D eigenvalue weighted by molar-refractivity contribution is -0.140. The summed E-state index contributed by atoms with van der Waals surface area (Å²) in [5, 5.41) is 10.2. The molecule has 0 aromatic heterocycles. The molecule has 35 heavy (non-hydrogen) atoms. The van der Waals surface area contributed by atoms with E-state index in [1.54, 1.807) is 31.4 Å². The third kappa shape index (κ3) is 5.03. The van der Waals surface area contributed by atoms with E-state index in [2.05, 4.69) is 20.9 Å². The number of likely N-dealkylation sites (N-methyl/N-ethyl adjacent to an activating group) is 1. The Morgan fingerprint density at radius 3 is 2.97 bits per heavy atom. The predicted octanol–water partition coefficient (Wildman–Crippen LogP) is 0.0841. The number of allylic oxidation sites excluding steroid dienone is 5. The maximum Gasteiger partial charge on any atom is 0.255 e. The van der Waals surface area contributed by atoms with E-state index in [1.165, 1.54) is 22.1 Å². The first kappa shape index (κ1) is 25.1. The van der Waals surface area contributed by atoms with E-state index in [-0.39, 0.29) is 36.9 Å². The summed E-state index contributed by atoms with van der Waals surface area (Å²) in [6.45, 7) is 1.89. The van der Waals surface area contributed by atoms with Crippen molar-refractivity contribution in [3.8, 4) is 0 Å². The molecule has 2 amide bonds. The number of carbonyl (C=O) groups excluding carboxylic acids is 2. The van der Waals surface area contributed by atoms with Gasteiger partial charge in [0.25, 0.3) is 5.91 Å². The van der Waals surface area contributed by atoms with Crippen molar-refractivity contribution in [3.05, 3.63) is 59.0 Å². The number of alkyl halides is 1. The topological polar surface area (TPSA) is 141 Å². The Morgan fingerprint density at radius 1 is 1.49 bits per heavy atom. The Kier molecular flexibility index (Phi) is 7.41. The number of guanidine groups is 1. The lowest BCUT2D eigenvalue weighted by atomic mass is 9.88. The first-order valence-corrected chi connectivity index (χ1v) is 11.8. The molecule has 188 valence electrons. The normalized spacial score (nSPS) is 30.9. The van der Waals surface area contributed by atoms with Crippen LogP contribution < -0.4 is 27.4 Å². The summed E-state index contributed by atoms with van der Waals surface area (Å²) in [6, 6.07) is -0.777. The van der Waals surface area contributed by atoms with Crippen LogP contribution in [0.3, 0.4) is 0 Å². The number of rotatable bonds is 6. The molecule has 10 nitrogen and oxygen atoms in total. The van der Waals surface area contributed by atoms with Crippen LogP contribution >= 0.6 is 11.6 Å². The molecule has 2 aliphatic carbocycles. The molecule has 1 saturated heterocycles. The van der Waals surface area contributed by atoms with Crippen molar-refractivity contribution in [2.75, 3.05) is 13.7 Å². The fraction of sp³-hybridized carbons (Fsp3) is 0.435. The van der Waals surface area contributed by atoms with Gasteiger partial charge in [-0.25, -0.2) is 9.38 Å². The standard InChI is InChI=1S/C23H30ClFN8O2/c1-12(29-19-15(10-28-23(27)31-19)21(34)32(2)11-26)20-30-17-8-4-7-16(24)18(17)22(35)33(20)14-6-3-5-13(25)9-14/h3-4,6-10,12-13,17-20,29-30H,5,11,26H2,1-2H3,(H3,27,28,31)/t12-,13?,17?,18?,19?,20?/m0/s1. The predicted molar refractivity (Wildman–Crippen MR) is 132 cm³/mol. The second-order valence-electron chi connectivity index (χ2n) is 8.82. The van der Waals surface area contributed by atoms with Crippen molar-refractivity contribution >= 4 is 29.4 Å². The van der Waals surface area contributed by atoms with Gasteiger partial charge >= 0.3 is 0 Å². The van der Waals surface area contributed by atoms with E-state index in [0.29, 0.717) is 16.3 Å². The number of nitrogens with zero attached hydrogens (tertiary/aromatic N) is 3. The average molecular weight is 505 g/mol. The summed E-state index contributed by atoms with van der Waals surface area (Å²) in [4.78, 5) is 33.4. The first-order valence-electron chi connectivity index (χ1n) is 11.4. The van der Waals surface area contributed by atoms with Gasteiger partial charge in [0.15, 0.2) is 5.96 Å². The monoisotopic (exact) mass is 504 g/mol. The number of hydrogen-bond acceptors (Lipinski definition) is 8. The molecule has 2 aliphatic heterocycles. The van der Waals surface area contributed by atoms with Crippen LogP contribution in [0.1, 0.15) is 13.3 Å². The maximum absolute atomic E-state index is 14.3. The molecule has 12 heteroatoms. The van der Waals surface area contributed by atoms with Crippen LogP contribution in [0, 0.1) is 5.92 Å². The van der Waals surface area contributed by atoms with E-state index in [4.69, 9.17) is 23.1 Å². The van der Waals surface area contributed by atoms with Crippen molar-refractivity contribution < 1.29 is 14.0 Å². The highest BCUT2D eigenvalue weighted by atomic mass is 35.5. The van der Waals surface area contributed by atoms with Gasteiger partial charge in [0, 0.05) is 42.5 Å². The largest absolute Gasteiger partial charge is 0.370 e. The van der Waals surface area contributed by atoms with Crippen LogP contribution in [-0.4, -0.2) is 71.9 Å². The number of amides is 2. The van der Waals surface area contributed by atoms with Crippen molar-refractivity contribution in [1.29, 1.82) is 0 Å². The lowest BCUT2D eigenvalue weighted by Gasteiger charge is -2.48. The smallest absolute Gasteiger partial charge is 0.255 e. The molecular weight excluding hydrogens is 475 g/mol. The van der Waals surface area contributed by atoms with E-state index < -0.39 is 30.5 Å². The summed E-state index contributed by atoms with van der Waals surface area (Å²) < 4.78 is 14.3. The van der Waals surface area contributed by atoms with Crippen molar-refractivity contribution in [1.82, 2.24) is 25.8 Å². The SMILES string of the molecule is C[C@H](NC1NC(N)=NC=C1C(=O)N(C)CN)C1NC2C=CC=C(Cl)C2C(=O)N1C1=CC(F)CC=C1. The number of fused-ring (bicyclic) bond motifs is 1. The third-order valence-electron chi connectivity index (χ3n) is 6.37. The van der Waals surface area contributed by atoms with Crippen molar-refractivity contribution in [3.63, 3.8) is 0 Å². The Balaban J connectivity index is 1.63. The lowest BCUT2D eigenvalue weighted by Crippen LogP contribution is -2.69. The average Bonchev–Trinajstić information content (AvgIpc) is 2.83. The summed E-state index contributed by atoms with van der Waals surface area (Å²) in [5.41, 5.74) is 12.3. The van der Waals surface area contributed by atoms with Gasteiger partial charge in [0.1, 0.15) is 18.5 Å². The van der Waals surface area contributed by atoms with Crippen LogP contribution in [0.2, 0.25) is 0 Å². The van der Waals surface area contributed by atoms with Crippen molar-refractivity contribution in [2.45, 2.75) is 43.9 Å². The van der Waals surface area contributed by atoms with Gasteiger partial charge in [-0.1, -0.05) is 29.8 Å². The molecular formula is C23H30ClFN8O2. The Bertz CT molecular complexity index is 1070. The highest BCUT2D eigenvalue weighted by Gasteiger charge is 2.46. The summed E-state index contributed by atoms with van der Waals surface area (Å²) in [5.74, 6) is -1.05. The van der Waals surface area contributed by atoms with Gasteiger partial charge in [-0.2, -0.15) is 0 Å². The van der Waals surface area contributed by atoms with Gasteiger partial charge in [-0.15, -0.1) is 0 Å². The highest BCUT2D eigenvalue weighted by Crippen LogP contribution is 2.34. The molecule has 1 fully saturated rings. The summed E-state index contributed by atoms with van der Waals surface area (Å²) in [7, 11) is 1.58. The molecule has 5 unspecified atom stereocenters. The first-order chi connectivity index (χ1) is 16.7. The molecule has 0 bridgehead atoms. The van der Waals surface area contributed by atoms with Crippen LogP contribution in [0.4, 0.5) is 4.39 Å². The number of carbonyl (C=O) groups is 2. The third-order valence-corrected chi connectivity index (χ3v) is 6.73. The van der Waals surface area contributed by atoms with Crippen LogP contribution in [-0.2, 0) is 9.59 Å². The van der Waals surface area contributed by atoms with Gasteiger partial charge < -0.3 is 21.7 Å². The molecule has 6 atom stereocenters. The van der Waals surface area contributed by atoms with E-state index >= 15 is 0 Å². The van der Waals surface area contributed by atoms with E-state index in [0.717, 1.165) is 0 Å². The molecule has 4 aliphatic rings. The van der Waals surface area contributed by atoms with Gasteiger partial charge in [0.2, 0.25) is 5.91 Å². The maximum atomic E-state index is 14.3. The minimum Gasteiger partial charge on any atom is -0.370 e. The molecule has 0 spiro atoms. The van der Waals surface area contributed by atoms with Crippen LogP contribution in [0.25, 0.3) is 0 Å². The molecule has 0 aromatic carbocycles. The van der Waals surface area contributed by atoms with Gasteiger partial charge in [-0.3, -0.25) is 25.1 Å². The zero-order chi connectivity index (χ0) is 25.3. The molecule has 0 saturated carbocycles. The fourth-order valence-electron chi connectivity index (χ4n) is 4.52. The quantitative estimate of drug-likeness (QED) is 0.323. The molecule has 2 heterocycles. The van der Waals surface area contributed by atoms with E-state index in [9.17, 15) is 14.0 Å². The Morgan fingerprint density at radius 2 is 2.26 bits per heavy atom. The second kappa shape index (κ2) is 10.3. The highest BCUT2D eigenvalue weighted by molar-refractivity contribution is 6.31. The number of aliphatic imine (C=N–C) groups is 1. The molecule has 0 radical (unpaired) electrons. The van der Waals surface area contributed by atoms with Gasteiger partial charge in [-0.05, 0) is 25.2 Å². The molecule has 4 rings (SSSR count). The molecule has 7 N–H and O–H groups in total. The minimum absolute atomic E-state index is 0.0265. The zero-order valence-electron chi connectivity index (χ0n) is 19.5. The molecule has 0 aromatic rings. The second-order valence-corrected chi connectivity index (χ2v) is 9.26. The fourth-order valence-corrected chi connectivity index (χ4v) is 4.83. The van der Waals surface area contributed by atoms with Gasteiger partial charge in [0.05, 0.1) is 18.2 Å².